The number of benzene rings is 3. The topological polar surface area (TPSA) is 172 Å². The Balaban J connectivity index is 0.000000837. The molecule has 0 atom stereocenters. The van der Waals surface area contributed by atoms with E-state index in [-0.39, 0.29) is 16.3 Å². The van der Waals surface area contributed by atoms with Gasteiger partial charge >= 0.3 is 10.6 Å². The van der Waals surface area contributed by atoms with Crippen LogP contribution in [-0.4, -0.2) is 44.9 Å². The molecule has 11 nitrogen and oxygen atoms in total. The van der Waals surface area contributed by atoms with Crippen molar-refractivity contribution in [2.75, 3.05) is 19.5 Å². The summed E-state index contributed by atoms with van der Waals surface area (Å²) in [7, 11) is -4.38. The van der Waals surface area contributed by atoms with Gasteiger partial charge in [0.2, 0.25) is 0 Å². The minimum absolute atomic E-state index is 0.168. The van der Waals surface area contributed by atoms with E-state index in [2.05, 4.69) is 15.5 Å². The SMILES string of the molecule is CNc1cc(S(=O)(=O)O)cc2ccc(N=Nc3ccc(C)cc3OC)c(O)c12.O=S(=O)=O. The number of phenolic OH excluding ortho intramolecular Hbond substituents is 1. The second kappa shape index (κ2) is 10.2. The molecule has 3 aromatic carbocycles. The summed E-state index contributed by atoms with van der Waals surface area (Å²) < 4.78 is 62.9. The predicted molar refractivity (Wildman–Crippen MR) is 117 cm³/mol. The molecule has 0 saturated heterocycles. The number of hydrogen-bond acceptors (Lipinski definition) is 10. The number of nitrogens with zero attached hydrogens (tertiary/aromatic N) is 2. The van der Waals surface area contributed by atoms with E-state index >= 15 is 0 Å². The zero-order valence-corrected chi connectivity index (χ0v) is 18.7. The fourth-order valence-corrected chi connectivity index (χ4v) is 3.35. The summed E-state index contributed by atoms with van der Waals surface area (Å²) in [5, 5.41) is 22.5. The van der Waals surface area contributed by atoms with Gasteiger partial charge in [-0.15, -0.1) is 22.9 Å². The van der Waals surface area contributed by atoms with Gasteiger partial charge < -0.3 is 15.2 Å². The summed E-state index contributed by atoms with van der Waals surface area (Å²) in [4.78, 5) is -0.275. The van der Waals surface area contributed by atoms with Crippen LogP contribution in [0.25, 0.3) is 10.8 Å². The maximum absolute atomic E-state index is 11.5. The van der Waals surface area contributed by atoms with Crippen molar-refractivity contribution < 1.29 is 35.4 Å². The summed E-state index contributed by atoms with van der Waals surface area (Å²) in [6, 6.07) is 11.1. The van der Waals surface area contributed by atoms with Crippen LogP contribution in [0.15, 0.2) is 57.6 Å². The van der Waals surface area contributed by atoms with E-state index in [9.17, 15) is 18.1 Å². The molecule has 0 spiro atoms. The second-order valence-corrected chi connectivity index (χ2v) is 8.14. The van der Waals surface area contributed by atoms with Gasteiger partial charge in [0.05, 0.1) is 12.0 Å². The Morgan fingerprint density at radius 1 is 1.00 bits per heavy atom. The number of aromatic hydroxyl groups is 1. The maximum atomic E-state index is 11.5. The standard InChI is InChI=1S/C19H19N3O5S.O3S/c1-11-4-6-14(17(8-11)27-3)21-22-15-7-5-12-9-13(28(24,25)26)10-16(20-2)18(12)19(15)23;1-4(2)3/h4-10,20,23H,1-3H3,(H,24,25,26);. The van der Waals surface area contributed by atoms with Crippen molar-refractivity contribution in [2.24, 2.45) is 10.2 Å². The third-order valence-electron chi connectivity index (χ3n) is 4.21. The van der Waals surface area contributed by atoms with E-state index in [1.165, 1.54) is 25.3 Å². The highest BCUT2D eigenvalue weighted by Crippen LogP contribution is 2.41. The van der Waals surface area contributed by atoms with Crippen LogP contribution in [0.4, 0.5) is 17.1 Å². The van der Waals surface area contributed by atoms with Crippen LogP contribution in [0.2, 0.25) is 0 Å². The number of ether oxygens (including phenoxy) is 1. The van der Waals surface area contributed by atoms with Gasteiger partial charge in [0.1, 0.15) is 17.1 Å². The average molecular weight is 482 g/mol. The Kier molecular flexibility index (Phi) is 7.86. The lowest BCUT2D eigenvalue weighted by Crippen LogP contribution is -2.00. The van der Waals surface area contributed by atoms with E-state index in [1.807, 2.05) is 19.1 Å². The molecule has 3 rings (SSSR count). The maximum Gasteiger partial charge on any atom is 0.425 e. The Morgan fingerprint density at radius 3 is 2.16 bits per heavy atom. The fraction of sp³-hybridized carbons (Fsp3) is 0.158. The molecule has 0 aromatic heterocycles. The van der Waals surface area contributed by atoms with E-state index < -0.39 is 20.7 Å². The van der Waals surface area contributed by atoms with E-state index in [1.54, 1.807) is 19.2 Å². The summed E-state index contributed by atoms with van der Waals surface area (Å²) in [5.74, 6) is 0.385. The first-order valence-electron chi connectivity index (χ1n) is 8.76. The van der Waals surface area contributed by atoms with Gasteiger partial charge in [0.25, 0.3) is 10.1 Å². The Hall–Kier alpha value is -3.55. The summed E-state index contributed by atoms with van der Waals surface area (Å²) in [6.07, 6.45) is 0. The number of rotatable bonds is 5. The van der Waals surface area contributed by atoms with Gasteiger partial charge in [-0.05, 0) is 48.2 Å². The number of methoxy groups -OCH3 is 1. The van der Waals surface area contributed by atoms with Gasteiger partial charge in [0.15, 0.2) is 5.75 Å². The van der Waals surface area contributed by atoms with Gasteiger partial charge in [0, 0.05) is 18.1 Å². The van der Waals surface area contributed by atoms with Crippen LogP contribution in [0.3, 0.4) is 0 Å². The molecule has 0 unspecified atom stereocenters. The third-order valence-corrected chi connectivity index (χ3v) is 5.04. The lowest BCUT2D eigenvalue weighted by atomic mass is 10.1. The zero-order chi connectivity index (χ0) is 24.1. The number of nitrogens with one attached hydrogen (secondary N) is 1. The van der Waals surface area contributed by atoms with Crippen molar-refractivity contribution >= 4 is 48.6 Å². The minimum atomic E-state index is -4.38. The quantitative estimate of drug-likeness (QED) is 0.364. The number of hydrogen-bond donors (Lipinski definition) is 3. The van der Waals surface area contributed by atoms with Gasteiger partial charge in [-0.3, -0.25) is 4.55 Å². The highest BCUT2D eigenvalue weighted by atomic mass is 32.2. The van der Waals surface area contributed by atoms with Gasteiger partial charge in [-0.2, -0.15) is 8.42 Å². The molecule has 0 aliphatic rings. The van der Waals surface area contributed by atoms with Crippen molar-refractivity contribution in [3.05, 3.63) is 48.0 Å². The molecule has 3 aromatic rings. The summed E-state index contributed by atoms with van der Waals surface area (Å²) >= 11 is 0. The van der Waals surface area contributed by atoms with Crippen LogP contribution < -0.4 is 10.1 Å². The molecule has 0 fully saturated rings. The third kappa shape index (κ3) is 6.00. The highest BCUT2D eigenvalue weighted by molar-refractivity contribution is 7.85. The lowest BCUT2D eigenvalue weighted by molar-refractivity contribution is 0.415. The lowest BCUT2D eigenvalue weighted by Gasteiger charge is -2.11. The van der Waals surface area contributed by atoms with Crippen molar-refractivity contribution in [1.82, 2.24) is 0 Å². The number of phenols is 1. The van der Waals surface area contributed by atoms with Crippen molar-refractivity contribution in [2.45, 2.75) is 11.8 Å². The molecule has 3 N–H and O–H groups in total. The van der Waals surface area contributed by atoms with Crippen LogP contribution in [0.5, 0.6) is 11.5 Å². The molecule has 0 saturated carbocycles. The van der Waals surface area contributed by atoms with Crippen LogP contribution in [0.1, 0.15) is 5.56 Å². The molecule has 0 radical (unpaired) electrons. The first kappa shape index (κ1) is 24.7. The molecule has 32 heavy (non-hydrogen) atoms. The minimum Gasteiger partial charge on any atom is -0.505 e. The molecule has 13 heteroatoms. The van der Waals surface area contributed by atoms with Gasteiger partial charge in [-0.25, -0.2) is 0 Å². The zero-order valence-electron chi connectivity index (χ0n) is 17.1. The Bertz CT molecular complexity index is 1400. The molecule has 0 amide bonds. The fourth-order valence-electron chi connectivity index (χ4n) is 2.81. The first-order chi connectivity index (χ1) is 15.0. The Labute approximate surface area is 185 Å². The molecule has 0 aliphatic carbocycles. The van der Waals surface area contributed by atoms with Gasteiger partial charge in [-0.1, -0.05) is 12.1 Å². The van der Waals surface area contributed by atoms with Crippen LogP contribution in [0, 0.1) is 6.92 Å². The number of fused-ring (bicyclic) bond motifs is 1. The first-order valence-corrected chi connectivity index (χ1v) is 11.2. The monoisotopic (exact) mass is 481 g/mol. The van der Waals surface area contributed by atoms with E-state index in [4.69, 9.17) is 17.4 Å². The van der Waals surface area contributed by atoms with Crippen molar-refractivity contribution in [1.29, 1.82) is 0 Å². The largest absolute Gasteiger partial charge is 0.505 e. The van der Waals surface area contributed by atoms with Crippen LogP contribution >= 0.6 is 0 Å². The van der Waals surface area contributed by atoms with Crippen molar-refractivity contribution in [3.8, 4) is 11.5 Å². The molecule has 0 bridgehead atoms. The molecule has 0 heterocycles. The number of aryl methyl sites for hydroxylation is 1. The van der Waals surface area contributed by atoms with E-state index in [0.29, 0.717) is 27.9 Å². The summed E-state index contributed by atoms with van der Waals surface area (Å²) in [5.41, 5.74) is 2.04. The molecular weight excluding hydrogens is 462 g/mol. The summed E-state index contributed by atoms with van der Waals surface area (Å²) in [6.45, 7) is 1.93. The number of anilines is 1. The smallest absolute Gasteiger partial charge is 0.425 e. The molecular formula is C19H19N3O8S2. The highest BCUT2D eigenvalue weighted by Gasteiger charge is 2.17. The van der Waals surface area contributed by atoms with Crippen molar-refractivity contribution in [3.63, 3.8) is 0 Å². The molecule has 170 valence electrons. The normalized spacial score (nSPS) is 11.1. The number of azo groups is 1. The predicted octanol–water partition coefficient (Wildman–Crippen LogP) is 3.56. The van der Waals surface area contributed by atoms with E-state index in [0.717, 1.165) is 5.56 Å². The second-order valence-electron chi connectivity index (χ2n) is 6.31. The average Bonchev–Trinajstić information content (AvgIpc) is 2.72. The van der Waals surface area contributed by atoms with Crippen LogP contribution in [-0.2, 0) is 20.7 Å². The Morgan fingerprint density at radius 2 is 1.59 bits per heavy atom. The molecule has 0 aliphatic heterocycles.